The SMILES string of the molecule is CC(C)C1=C2[C@H]3CC[C@@H]4[C@@]5(C)CC[C@H](OC(=O)[C@H]6C[C@@H](C(=O)O)C6(C)C)C(C)(C)[C@@H]5CC[C@@]4(C)[C@]3(C)CC[C@@]2(CC(=O)NCC(C)(C)NC(=O)CN(C)C)CC1=O. The van der Waals surface area contributed by atoms with Crippen LogP contribution in [0.3, 0.4) is 0 Å². The Morgan fingerprint density at radius 3 is 2.11 bits per heavy atom. The lowest BCUT2D eigenvalue weighted by Crippen LogP contribution is -2.66. The first-order valence-electron chi connectivity index (χ1n) is 22.1. The largest absolute Gasteiger partial charge is 0.481 e. The molecule has 5 fully saturated rings. The zero-order valence-corrected chi connectivity index (χ0v) is 37.6. The Hall–Kier alpha value is -2.75. The number of ketones is 1. The van der Waals surface area contributed by atoms with Crippen LogP contribution in [0.4, 0.5) is 0 Å². The Labute approximate surface area is 342 Å². The van der Waals surface area contributed by atoms with Gasteiger partial charge in [-0.3, -0.25) is 24.0 Å². The molecule has 0 heterocycles. The number of nitrogens with zero attached hydrogens (tertiary/aromatic N) is 1. The molecule has 10 nitrogen and oxygen atoms in total. The number of Topliss-reactive ketones (excluding diaryl/α,β-unsaturated/α-hetero) is 1. The Balaban J connectivity index is 1.21. The molecule has 320 valence electrons. The fraction of sp³-hybridized carbons (Fsp3) is 0.851. The lowest BCUT2D eigenvalue weighted by molar-refractivity contribution is -0.236. The zero-order valence-electron chi connectivity index (χ0n) is 37.6. The minimum atomic E-state index is -0.837. The summed E-state index contributed by atoms with van der Waals surface area (Å²) >= 11 is 0. The number of fused-ring (bicyclic) bond motifs is 7. The van der Waals surface area contributed by atoms with E-state index >= 15 is 0 Å². The van der Waals surface area contributed by atoms with Crippen LogP contribution in [-0.2, 0) is 28.7 Å². The third-order valence-electron chi connectivity index (χ3n) is 17.8. The van der Waals surface area contributed by atoms with Crippen molar-refractivity contribution in [2.45, 2.75) is 158 Å². The number of hydrogen-bond acceptors (Lipinski definition) is 7. The summed E-state index contributed by atoms with van der Waals surface area (Å²) in [7, 11) is 3.71. The van der Waals surface area contributed by atoms with Gasteiger partial charge in [0.2, 0.25) is 11.8 Å². The van der Waals surface area contributed by atoms with Crippen molar-refractivity contribution in [2.75, 3.05) is 27.2 Å². The summed E-state index contributed by atoms with van der Waals surface area (Å²) in [4.78, 5) is 67.8. The fourth-order valence-corrected chi connectivity index (χ4v) is 14.5. The van der Waals surface area contributed by atoms with Crippen molar-refractivity contribution >= 4 is 29.5 Å². The monoisotopic (exact) mass is 794 g/mol. The second kappa shape index (κ2) is 14.5. The van der Waals surface area contributed by atoms with Crippen molar-refractivity contribution in [2.24, 2.45) is 68.0 Å². The molecule has 0 aromatic rings. The molecule has 0 aromatic carbocycles. The highest BCUT2D eigenvalue weighted by Crippen LogP contribution is 2.77. The molecule has 6 aliphatic carbocycles. The van der Waals surface area contributed by atoms with Gasteiger partial charge < -0.3 is 25.4 Å². The van der Waals surface area contributed by atoms with Gasteiger partial charge in [0.1, 0.15) is 6.10 Å². The fourth-order valence-electron chi connectivity index (χ4n) is 14.5. The number of aliphatic carboxylic acids is 1. The molecule has 10 heteroatoms. The highest BCUT2D eigenvalue weighted by molar-refractivity contribution is 6.01. The number of likely N-dealkylation sites (N-methyl/N-ethyl adjacent to an activating group) is 1. The first kappa shape index (κ1) is 43.8. The van der Waals surface area contributed by atoms with Crippen molar-refractivity contribution < 1.29 is 33.8 Å². The van der Waals surface area contributed by atoms with Gasteiger partial charge in [0, 0.05) is 30.2 Å². The molecule has 0 radical (unpaired) electrons. The Kier molecular flexibility index (Phi) is 11.1. The van der Waals surface area contributed by atoms with Crippen molar-refractivity contribution in [1.82, 2.24) is 15.5 Å². The number of carboxylic acids is 1. The summed E-state index contributed by atoms with van der Waals surface area (Å²) < 4.78 is 6.41. The maximum absolute atomic E-state index is 14.1. The standard InChI is InChI=1S/C47H75N3O7/c1-27(2)37-31(51)23-47(24-35(52)48-26-41(3,4)49-36(53)25-50(12)13)21-20-45(10)28(38(37)47)14-15-33-44(9)18-17-34(43(7,8)32(44)16-19-46(33,45)11)57-40(56)30-22-29(39(54)55)42(30,5)6/h27-30,32-34H,14-26H2,1-13H3,(H,48,52)(H,49,53)(H,54,55)/t28-,29+,30-,32+,33-,34+,44+,45-,46-,47+/m1/s1. The maximum Gasteiger partial charge on any atom is 0.309 e. The molecular weight excluding hydrogens is 719 g/mol. The van der Waals surface area contributed by atoms with Crippen LogP contribution in [-0.4, -0.2) is 78.4 Å². The number of carbonyl (C=O) groups is 5. The van der Waals surface area contributed by atoms with E-state index in [2.05, 4.69) is 59.1 Å². The van der Waals surface area contributed by atoms with E-state index in [1.54, 1.807) is 0 Å². The minimum Gasteiger partial charge on any atom is -0.481 e. The summed E-state index contributed by atoms with van der Waals surface area (Å²) in [5.74, 6) is -0.741. The van der Waals surface area contributed by atoms with E-state index < -0.39 is 34.2 Å². The summed E-state index contributed by atoms with van der Waals surface area (Å²) in [5, 5.41) is 15.9. The highest BCUT2D eigenvalue weighted by Gasteiger charge is 2.70. The molecule has 10 atom stereocenters. The second-order valence-corrected chi connectivity index (χ2v) is 22.9. The van der Waals surface area contributed by atoms with Gasteiger partial charge in [-0.15, -0.1) is 0 Å². The predicted molar refractivity (Wildman–Crippen MR) is 221 cm³/mol. The smallest absolute Gasteiger partial charge is 0.309 e. The van der Waals surface area contributed by atoms with Crippen LogP contribution in [0.1, 0.15) is 147 Å². The van der Waals surface area contributed by atoms with Crippen LogP contribution in [0.2, 0.25) is 0 Å². The molecule has 5 saturated carbocycles. The van der Waals surface area contributed by atoms with E-state index in [1.165, 1.54) is 5.57 Å². The molecule has 0 aromatic heterocycles. The van der Waals surface area contributed by atoms with Crippen LogP contribution >= 0.6 is 0 Å². The van der Waals surface area contributed by atoms with Crippen molar-refractivity contribution in [1.29, 1.82) is 0 Å². The lowest BCUT2D eigenvalue weighted by atomic mass is 9.33. The van der Waals surface area contributed by atoms with Crippen LogP contribution in [0.5, 0.6) is 0 Å². The highest BCUT2D eigenvalue weighted by atomic mass is 16.5. The van der Waals surface area contributed by atoms with Crippen LogP contribution in [0.15, 0.2) is 11.1 Å². The molecule has 3 N–H and O–H groups in total. The van der Waals surface area contributed by atoms with Gasteiger partial charge in [-0.05, 0) is 137 Å². The van der Waals surface area contributed by atoms with E-state index in [9.17, 15) is 29.1 Å². The minimum absolute atomic E-state index is 0.0342. The zero-order chi connectivity index (χ0) is 42.5. The van der Waals surface area contributed by atoms with Gasteiger partial charge in [0.05, 0.1) is 23.9 Å². The van der Waals surface area contributed by atoms with E-state index in [-0.39, 0.29) is 69.7 Å². The molecule has 57 heavy (non-hydrogen) atoms. The first-order chi connectivity index (χ1) is 26.2. The quantitative estimate of drug-likeness (QED) is 0.182. The van der Waals surface area contributed by atoms with E-state index in [0.717, 1.165) is 56.9 Å². The molecule has 0 unspecified atom stereocenters. The van der Waals surface area contributed by atoms with Crippen molar-refractivity contribution in [3.8, 4) is 0 Å². The molecular formula is C47H75N3O7. The molecule has 6 aliphatic rings. The van der Waals surface area contributed by atoms with Gasteiger partial charge in [0.25, 0.3) is 0 Å². The Bertz CT molecular complexity index is 1710. The van der Waals surface area contributed by atoms with E-state index in [4.69, 9.17) is 4.74 Å². The van der Waals surface area contributed by atoms with Crippen molar-refractivity contribution in [3.05, 3.63) is 11.1 Å². The lowest BCUT2D eigenvalue weighted by Gasteiger charge is -2.72. The maximum atomic E-state index is 14.1. The molecule has 0 saturated heterocycles. The third-order valence-corrected chi connectivity index (χ3v) is 17.8. The van der Waals surface area contributed by atoms with Crippen LogP contribution < -0.4 is 10.6 Å². The average molecular weight is 794 g/mol. The van der Waals surface area contributed by atoms with E-state index in [1.807, 2.05) is 46.7 Å². The summed E-state index contributed by atoms with van der Waals surface area (Å²) in [5.41, 5.74) is 0.384. The summed E-state index contributed by atoms with van der Waals surface area (Å²) in [6.07, 6.45) is 8.63. The molecule has 0 bridgehead atoms. The number of carbonyl (C=O) groups excluding carboxylic acids is 4. The number of ether oxygens (including phenoxy) is 1. The molecule has 2 amide bonds. The van der Waals surface area contributed by atoms with Gasteiger partial charge in [-0.25, -0.2) is 0 Å². The Morgan fingerprint density at radius 1 is 0.842 bits per heavy atom. The molecule has 6 rings (SSSR count). The third kappa shape index (κ3) is 7.01. The number of rotatable bonds is 11. The number of allylic oxidation sites excluding steroid dienone is 2. The number of esters is 1. The second-order valence-electron chi connectivity index (χ2n) is 22.9. The average Bonchev–Trinajstić information content (AvgIpc) is 3.35. The number of nitrogens with one attached hydrogen (secondary N) is 2. The van der Waals surface area contributed by atoms with Gasteiger partial charge >= 0.3 is 11.9 Å². The number of amides is 2. The van der Waals surface area contributed by atoms with E-state index in [0.29, 0.717) is 37.6 Å². The Morgan fingerprint density at radius 2 is 1.51 bits per heavy atom. The predicted octanol–water partition coefficient (Wildman–Crippen LogP) is 7.59. The van der Waals surface area contributed by atoms with Crippen molar-refractivity contribution in [3.63, 3.8) is 0 Å². The topological polar surface area (TPSA) is 142 Å². The normalized spacial score (nSPS) is 39.3. The van der Waals surface area contributed by atoms with Gasteiger partial charge in [-0.1, -0.05) is 67.9 Å². The molecule has 0 aliphatic heterocycles. The summed E-state index contributed by atoms with van der Waals surface area (Å²) in [6, 6.07) is 0. The van der Waals surface area contributed by atoms with Crippen LogP contribution in [0.25, 0.3) is 0 Å². The van der Waals surface area contributed by atoms with Gasteiger partial charge in [-0.2, -0.15) is 0 Å². The summed E-state index contributed by atoms with van der Waals surface area (Å²) in [6.45, 7) is 24.7. The number of hydrogen-bond donors (Lipinski definition) is 3. The first-order valence-corrected chi connectivity index (χ1v) is 22.1. The molecule has 0 spiro atoms. The van der Waals surface area contributed by atoms with Gasteiger partial charge in [0.15, 0.2) is 5.78 Å². The van der Waals surface area contributed by atoms with Crippen LogP contribution in [0, 0.1) is 68.0 Å². The number of carboxylic acid groups (broad SMARTS) is 1.